The highest BCUT2D eigenvalue weighted by molar-refractivity contribution is 7.89. The molecule has 0 aromatic heterocycles. The van der Waals surface area contributed by atoms with Gasteiger partial charge in [-0.25, -0.2) is 8.42 Å². The molecule has 0 bridgehead atoms. The molecule has 3 rings (SSSR count). The molecule has 1 fully saturated rings. The molecule has 0 saturated carbocycles. The first-order valence-corrected chi connectivity index (χ1v) is 10.3. The van der Waals surface area contributed by atoms with Gasteiger partial charge in [-0.05, 0) is 57.2 Å². The van der Waals surface area contributed by atoms with E-state index >= 15 is 0 Å². The van der Waals surface area contributed by atoms with Gasteiger partial charge in [0.1, 0.15) is 0 Å². The number of anilines is 1. The Balaban J connectivity index is 1.74. The maximum atomic E-state index is 12.9. The smallest absolute Gasteiger partial charge is 0.255 e. The highest BCUT2D eigenvalue weighted by Gasteiger charge is 2.32. The van der Waals surface area contributed by atoms with E-state index in [4.69, 9.17) is 4.74 Å². The topological polar surface area (TPSA) is 75.7 Å². The van der Waals surface area contributed by atoms with E-state index in [1.54, 1.807) is 24.3 Å². The molecule has 1 aliphatic rings. The third-order valence-corrected chi connectivity index (χ3v) is 6.26. The molecule has 0 radical (unpaired) electrons. The van der Waals surface area contributed by atoms with Gasteiger partial charge in [-0.15, -0.1) is 0 Å². The zero-order valence-corrected chi connectivity index (χ0v) is 16.5. The molecule has 0 spiro atoms. The average Bonchev–Trinajstić information content (AvgIpc) is 2.61. The summed E-state index contributed by atoms with van der Waals surface area (Å²) in [6, 6.07) is 13.5. The summed E-state index contributed by atoms with van der Waals surface area (Å²) < 4.78 is 32.8. The van der Waals surface area contributed by atoms with Gasteiger partial charge < -0.3 is 10.1 Å². The van der Waals surface area contributed by atoms with E-state index < -0.39 is 10.0 Å². The number of hydrogen-bond acceptors (Lipinski definition) is 4. The predicted octanol–water partition coefficient (Wildman–Crippen LogP) is 3.05. The molecular formula is C20H24N2O4S. The molecule has 1 aliphatic heterocycles. The van der Waals surface area contributed by atoms with Crippen molar-refractivity contribution in [3.63, 3.8) is 0 Å². The van der Waals surface area contributed by atoms with Crippen molar-refractivity contribution in [3.05, 3.63) is 59.7 Å². The number of nitrogens with zero attached hydrogens (tertiary/aromatic N) is 1. The van der Waals surface area contributed by atoms with Gasteiger partial charge in [-0.1, -0.05) is 17.7 Å². The molecule has 1 amide bonds. The minimum Gasteiger partial charge on any atom is -0.373 e. The summed E-state index contributed by atoms with van der Waals surface area (Å²) in [7, 11) is -3.59. The van der Waals surface area contributed by atoms with Crippen LogP contribution in [0.4, 0.5) is 5.69 Å². The summed E-state index contributed by atoms with van der Waals surface area (Å²) in [5.41, 5.74) is 2.10. The van der Waals surface area contributed by atoms with Gasteiger partial charge in [0.05, 0.1) is 17.1 Å². The summed E-state index contributed by atoms with van der Waals surface area (Å²) in [6.45, 7) is 6.31. The molecule has 2 aromatic rings. The lowest BCUT2D eigenvalue weighted by atomic mass is 10.1. The van der Waals surface area contributed by atoms with Crippen molar-refractivity contribution in [3.8, 4) is 0 Å². The van der Waals surface area contributed by atoms with E-state index in [1.807, 2.05) is 32.9 Å². The lowest BCUT2D eigenvalue weighted by Crippen LogP contribution is -2.48. The first-order chi connectivity index (χ1) is 12.8. The summed E-state index contributed by atoms with van der Waals surface area (Å²) in [6.07, 6.45) is -0.284. The second kappa shape index (κ2) is 7.80. The molecule has 144 valence electrons. The third-order valence-electron chi connectivity index (χ3n) is 4.42. The van der Waals surface area contributed by atoms with Crippen LogP contribution in [0.15, 0.2) is 53.4 Å². The summed E-state index contributed by atoms with van der Waals surface area (Å²) in [5, 5.41) is 2.79. The van der Waals surface area contributed by atoms with Gasteiger partial charge in [0.2, 0.25) is 10.0 Å². The average molecular weight is 388 g/mol. The van der Waals surface area contributed by atoms with Crippen molar-refractivity contribution in [2.75, 3.05) is 18.4 Å². The molecule has 2 unspecified atom stereocenters. The zero-order valence-electron chi connectivity index (χ0n) is 15.7. The van der Waals surface area contributed by atoms with Crippen molar-refractivity contribution < 1.29 is 17.9 Å². The van der Waals surface area contributed by atoms with Crippen molar-refractivity contribution in [2.45, 2.75) is 37.9 Å². The molecule has 1 saturated heterocycles. The van der Waals surface area contributed by atoms with Gasteiger partial charge in [-0.2, -0.15) is 4.31 Å². The number of nitrogens with one attached hydrogen (secondary N) is 1. The minimum absolute atomic E-state index is 0.142. The highest BCUT2D eigenvalue weighted by atomic mass is 32.2. The first-order valence-electron chi connectivity index (χ1n) is 8.89. The quantitative estimate of drug-likeness (QED) is 0.873. The number of carbonyl (C=O) groups is 1. The van der Waals surface area contributed by atoms with Crippen LogP contribution in [0.2, 0.25) is 0 Å². The number of morpholine rings is 1. The Morgan fingerprint density at radius 2 is 1.70 bits per heavy atom. The van der Waals surface area contributed by atoms with E-state index in [9.17, 15) is 13.2 Å². The lowest BCUT2D eigenvalue weighted by molar-refractivity contribution is -0.0440. The molecule has 1 heterocycles. The Morgan fingerprint density at radius 1 is 1.07 bits per heavy atom. The van der Waals surface area contributed by atoms with Crippen LogP contribution in [0.25, 0.3) is 0 Å². The summed E-state index contributed by atoms with van der Waals surface area (Å²) in [4.78, 5) is 12.5. The fraction of sp³-hybridized carbons (Fsp3) is 0.350. The van der Waals surface area contributed by atoms with Crippen molar-refractivity contribution in [2.24, 2.45) is 0 Å². The van der Waals surface area contributed by atoms with Gasteiger partial charge in [0, 0.05) is 24.3 Å². The van der Waals surface area contributed by atoms with E-state index in [0.717, 1.165) is 5.56 Å². The largest absolute Gasteiger partial charge is 0.373 e. The van der Waals surface area contributed by atoms with Crippen LogP contribution in [0, 0.1) is 6.92 Å². The third kappa shape index (κ3) is 4.55. The van der Waals surface area contributed by atoms with Crippen LogP contribution >= 0.6 is 0 Å². The molecule has 2 aromatic carbocycles. The molecule has 0 aliphatic carbocycles. The van der Waals surface area contributed by atoms with Gasteiger partial charge in [-0.3, -0.25) is 4.79 Å². The minimum atomic E-state index is -3.59. The van der Waals surface area contributed by atoms with Crippen LogP contribution in [-0.4, -0.2) is 43.9 Å². The number of hydrogen-bond donors (Lipinski definition) is 1. The van der Waals surface area contributed by atoms with Gasteiger partial charge >= 0.3 is 0 Å². The molecule has 2 atom stereocenters. The molecule has 7 heteroatoms. The van der Waals surface area contributed by atoms with Gasteiger partial charge in [0.15, 0.2) is 0 Å². The molecule has 6 nitrogen and oxygen atoms in total. The van der Waals surface area contributed by atoms with Crippen LogP contribution in [0.5, 0.6) is 0 Å². The number of amides is 1. The Bertz CT molecular complexity index is 915. The van der Waals surface area contributed by atoms with Gasteiger partial charge in [0.25, 0.3) is 5.91 Å². The predicted molar refractivity (Wildman–Crippen MR) is 104 cm³/mol. The number of sulfonamides is 1. The fourth-order valence-electron chi connectivity index (χ4n) is 3.18. The van der Waals surface area contributed by atoms with E-state index in [-0.39, 0.29) is 23.0 Å². The highest BCUT2D eigenvalue weighted by Crippen LogP contribution is 2.22. The van der Waals surface area contributed by atoms with Crippen molar-refractivity contribution >= 4 is 21.6 Å². The standard InChI is InChI=1S/C20H24N2O4S/c1-14-5-4-6-17(11-14)20(23)21-18-7-9-19(10-8-18)27(24,25)22-12-15(2)26-16(3)13-22/h4-11,15-16H,12-13H2,1-3H3,(H,21,23). The second-order valence-electron chi connectivity index (χ2n) is 6.93. The van der Waals surface area contributed by atoms with Crippen molar-refractivity contribution in [1.29, 1.82) is 0 Å². The van der Waals surface area contributed by atoms with E-state index in [0.29, 0.717) is 24.3 Å². The maximum absolute atomic E-state index is 12.9. The summed E-state index contributed by atoms with van der Waals surface area (Å²) in [5.74, 6) is -0.231. The Kier molecular flexibility index (Phi) is 5.64. The Morgan fingerprint density at radius 3 is 2.30 bits per heavy atom. The number of rotatable bonds is 4. The van der Waals surface area contributed by atoms with E-state index in [1.165, 1.54) is 16.4 Å². The summed E-state index contributed by atoms with van der Waals surface area (Å²) >= 11 is 0. The van der Waals surface area contributed by atoms with Crippen molar-refractivity contribution in [1.82, 2.24) is 4.31 Å². The molecular weight excluding hydrogens is 364 g/mol. The van der Waals surface area contributed by atoms with Crippen LogP contribution in [0.3, 0.4) is 0 Å². The molecule has 1 N–H and O–H groups in total. The Hall–Kier alpha value is -2.22. The van der Waals surface area contributed by atoms with Crippen LogP contribution in [-0.2, 0) is 14.8 Å². The molecule has 27 heavy (non-hydrogen) atoms. The number of ether oxygens (including phenoxy) is 1. The number of carbonyl (C=O) groups excluding carboxylic acids is 1. The lowest BCUT2D eigenvalue weighted by Gasteiger charge is -2.34. The van der Waals surface area contributed by atoms with Crippen LogP contribution in [0.1, 0.15) is 29.8 Å². The van der Waals surface area contributed by atoms with Crippen LogP contribution < -0.4 is 5.32 Å². The van der Waals surface area contributed by atoms with E-state index in [2.05, 4.69) is 5.32 Å². The number of aryl methyl sites for hydroxylation is 1. The zero-order chi connectivity index (χ0) is 19.6. The second-order valence-corrected chi connectivity index (χ2v) is 8.87. The number of benzene rings is 2. The monoisotopic (exact) mass is 388 g/mol. The fourth-order valence-corrected chi connectivity index (χ4v) is 4.77. The first kappa shape index (κ1) is 19.5. The maximum Gasteiger partial charge on any atom is 0.255 e. The SMILES string of the molecule is Cc1cccc(C(=O)Nc2ccc(S(=O)(=O)N3CC(C)OC(C)C3)cc2)c1. The normalized spacial score (nSPS) is 21.0. The Labute approximate surface area is 160 Å².